The minimum absolute atomic E-state index is 0.156. The van der Waals surface area contributed by atoms with E-state index in [0.29, 0.717) is 23.7 Å². The largest absolute Gasteiger partial charge is 0.364 e. The Balaban J connectivity index is 1.36. The maximum Gasteiger partial charge on any atom is 0.225 e. The smallest absolute Gasteiger partial charge is 0.225 e. The molecule has 3 aromatic rings. The molecule has 1 N–H and O–H groups in total. The van der Waals surface area contributed by atoms with Crippen molar-refractivity contribution in [3.63, 3.8) is 0 Å². The van der Waals surface area contributed by atoms with Gasteiger partial charge in [0, 0.05) is 44.0 Å². The number of amides is 1. The Bertz CT molecular complexity index is 1140. The van der Waals surface area contributed by atoms with Crippen LogP contribution in [0.15, 0.2) is 18.7 Å². The van der Waals surface area contributed by atoms with Gasteiger partial charge in [-0.3, -0.25) is 4.79 Å². The fourth-order valence-corrected chi connectivity index (χ4v) is 5.05. The molecule has 3 aromatic heterocycles. The first-order valence-corrected chi connectivity index (χ1v) is 11.4. The number of aryl methyl sites for hydroxylation is 2. The van der Waals surface area contributed by atoms with Crippen LogP contribution < -0.4 is 5.32 Å². The summed E-state index contributed by atoms with van der Waals surface area (Å²) in [5, 5.41) is 3.53. The Labute approximate surface area is 187 Å². The van der Waals surface area contributed by atoms with Crippen molar-refractivity contribution in [2.75, 3.05) is 18.4 Å². The molecule has 1 atom stereocenters. The maximum absolute atomic E-state index is 12.8. The normalized spacial score (nSPS) is 20.5. The quantitative estimate of drug-likeness (QED) is 0.658. The van der Waals surface area contributed by atoms with Crippen LogP contribution in [0.2, 0.25) is 0 Å². The number of carbonyl (C=O) groups is 1. The maximum atomic E-state index is 12.8. The first-order valence-electron chi connectivity index (χ1n) is 11.4. The number of rotatable bonds is 5. The average molecular weight is 435 g/mol. The van der Waals surface area contributed by atoms with E-state index in [1.807, 2.05) is 11.8 Å². The van der Waals surface area contributed by atoms with Crippen molar-refractivity contribution < 1.29 is 4.79 Å². The van der Waals surface area contributed by atoms with Crippen molar-refractivity contribution in [3.8, 4) is 11.4 Å². The van der Waals surface area contributed by atoms with Gasteiger partial charge < -0.3 is 14.8 Å². The molecule has 32 heavy (non-hydrogen) atoms. The molecule has 1 aliphatic carbocycles. The summed E-state index contributed by atoms with van der Waals surface area (Å²) < 4.78 is 2.05. The van der Waals surface area contributed by atoms with Crippen LogP contribution in [0.1, 0.15) is 45.9 Å². The second kappa shape index (κ2) is 7.79. The molecule has 4 heterocycles. The molecular formula is C23H30N8O. The second-order valence-electron chi connectivity index (χ2n) is 9.78. The Morgan fingerprint density at radius 3 is 2.62 bits per heavy atom. The number of carbonyl (C=O) groups excluding carboxylic acids is 1. The van der Waals surface area contributed by atoms with Gasteiger partial charge in [-0.1, -0.05) is 13.8 Å². The summed E-state index contributed by atoms with van der Waals surface area (Å²) in [6.07, 6.45) is 8.04. The number of imidazole rings is 1. The van der Waals surface area contributed by atoms with E-state index in [9.17, 15) is 4.79 Å². The van der Waals surface area contributed by atoms with Crippen molar-refractivity contribution >= 4 is 22.9 Å². The minimum Gasteiger partial charge on any atom is -0.364 e. The molecule has 1 saturated heterocycles. The molecule has 0 unspecified atom stereocenters. The average Bonchev–Trinajstić information content (AvgIpc) is 3.37. The summed E-state index contributed by atoms with van der Waals surface area (Å²) in [7, 11) is 0. The monoisotopic (exact) mass is 434 g/mol. The summed E-state index contributed by atoms with van der Waals surface area (Å²) in [5.41, 5.74) is 2.67. The molecule has 0 radical (unpaired) electrons. The van der Waals surface area contributed by atoms with Gasteiger partial charge in [-0.2, -0.15) is 0 Å². The van der Waals surface area contributed by atoms with Gasteiger partial charge in [-0.05, 0) is 38.5 Å². The molecule has 9 heteroatoms. The van der Waals surface area contributed by atoms with E-state index in [-0.39, 0.29) is 12.0 Å². The molecule has 1 aliphatic heterocycles. The molecule has 0 spiro atoms. The molecule has 1 amide bonds. The lowest BCUT2D eigenvalue weighted by molar-refractivity contribution is -0.141. The molecule has 0 bridgehead atoms. The van der Waals surface area contributed by atoms with Gasteiger partial charge in [0.05, 0.1) is 5.56 Å². The Hall–Kier alpha value is -3.10. The summed E-state index contributed by atoms with van der Waals surface area (Å²) >= 11 is 0. The number of nitrogens with one attached hydrogen (secondary N) is 1. The third-order valence-corrected chi connectivity index (χ3v) is 6.68. The number of aromatic nitrogens is 6. The van der Waals surface area contributed by atoms with E-state index >= 15 is 0 Å². The fraction of sp³-hybridized carbons (Fsp3) is 0.565. The molecule has 168 valence electrons. The number of anilines is 1. The lowest BCUT2D eigenvalue weighted by Crippen LogP contribution is -2.44. The predicted octanol–water partition coefficient (Wildman–Crippen LogP) is 3.06. The topological polar surface area (TPSA) is 102 Å². The summed E-state index contributed by atoms with van der Waals surface area (Å²) in [5.74, 6) is 2.70. The van der Waals surface area contributed by atoms with Crippen LogP contribution in [0.3, 0.4) is 0 Å². The van der Waals surface area contributed by atoms with Crippen molar-refractivity contribution in [3.05, 3.63) is 24.5 Å². The van der Waals surface area contributed by atoms with Crippen LogP contribution in [0.25, 0.3) is 22.6 Å². The molecule has 2 aliphatic rings. The van der Waals surface area contributed by atoms with E-state index in [1.54, 1.807) is 18.7 Å². The van der Waals surface area contributed by atoms with Crippen molar-refractivity contribution in [1.29, 1.82) is 0 Å². The third-order valence-electron chi connectivity index (χ3n) is 6.68. The van der Waals surface area contributed by atoms with E-state index < -0.39 is 0 Å². The standard InChI is InChI=1S/C23H30N8O/c1-5-31-20(16-10-24-14(2)25-11-16)29-18-19(26-13-27-21(18)31)28-17-6-7-30(12-17)22(32)15-8-23(3,4)9-15/h10-11,13,15,17H,5-9,12H2,1-4H3,(H,26,27,28)/t17-/m0/s1. The number of fused-ring (bicyclic) bond motifs is 1. The first-order chi connectivity index (χ1) is 15.3. The molecular weight excluding hydrogens is 404 g/mol. The number of likely N-dealkylation sites (tertiary alicyclic amines) is 1. The van der Waals surface area contributed by atoms with Crippen LogP contribution in [-0.4, -0.2) is 59.4 Å². The summed E-state index contributed by atoms with van der Waals surface area (Å²) in [6.45, 7) is 10.6. The number of nitrogens with zero attached hydrogens (tertiary/aromatic N) is 7. The third kappa shape index (κ3) is 3.69. The van der Waals surface area contributed by atoms with Crippen LogP contribution in [0.4, 0.5) is 5.82 Å². The number of hydrogen-bond acceptors (Lipinski definition) is 7. The summed E-state index contributed by atoms with van der Waals surface area (Å²) in [6, 6.07) is 0.156. The highest BCUT2D eigenvalue weighted by atomic mass is 16.2. The van der Waals surface area contributed by atoms with Crippen LogP contribution in [-0.2, 0) is 11.3 Å². The van der Waals surface area contributed by atoms with E-state index in [0.717, 1.165) is 60.7 Å². The van der Waals surface area contributed by atoms with Crippen molar-refractivity contribution in [2.24, 2.45) is 11.3 Å². The molecule has 9 nitrogen and oxygen atoms in total. The highest BCUT2D eigenvalue weighted by molar-refractivity contribution is 5.86. The van der Waals surface area contributed by atoms with Gasteiger partial charge in [-0.25, -0.2) is 24.9 Å². The minimum atomic E-state index is 0.156. The van der Waals surface area contributed by atoms with E-state index in [4.69, 9.17) is 4.98 Å². The van der Waals surface area contributed by atoms with Crippen LogP contribution in [0, 0.1) is 18.3 Å². The lowest BCUT2D eigenvalue weighted by atomic mass is 9.64. The first kappa shape index (κ1) is 20.8. The predicted molar refractivity (Wildman–Crippen MR) is 122 cm³/mol. The fourth-order valence-electron chi connectivity index (χ4n) is 5.05. The highest BCUT2D eigenvalue weighted by Gasteiger charge is 2.43. The lowest BCUT2D eigenvalue weighted by Gasteiger charge is -2.43. The molecule has 0 aromatic carbocycles. The Morgan fingerprint density at radius 2 is 1.94 bits per heavy atom. The summed E-state index contributed by atoms with van der Waals surface area (Å²) in [4.78, 5) is 37.3. The second-order valence-corrected chi connectivity index (χ2v) is 9.78. The van der Waals surface area contributed by atoms with Crippen molar-refractivity contribution in [1.82, 2.24) is 34.4 Å². The van der Waals surface area contributed by atoms with Gasteiger partial charge in [0.2, 0.25) is 5.91 Å². The van der Waals surface area contributed by atoms with Gasteiger partial charge in [-0.15, -0.1) is 0 Å². The molecule has 1 saturated carbocycles. The van der Waals surface area contributed by atoms with Gasteiger partial charge in [0.25, 0.3) is 0 Å². The van der Waals surface area contributed by atoms with Crippen LogP contribution >= 0.6 is 0 Å². The highest BCUT2D eigenvalue weighted by Crippen LogP contribution is 2.45. The SMILES string of the molecule is CCn1c(-c2cnc(C)nc2)nc2c(N[C@H]3CCN(C(=O)C4CC(C)(C)C4)C3)ncnc21. The molecule has 5 rings (SSSR count). The Morgan fingerprint density at radius 1 is 1.19 bits per heavy atom. The molecule has 2 fully saturated rings. The van der Waals surface area contributed by atoms with Crippen LogP contribution in [0.5, 0.6) is 0 Å². The zero-order chi connectivity index (χ0) is 22.5. The van der Waals surface area contributed by atoms with Gasteiger partial charge >= 0.3 is 0 Å². The Kier molecular flexibility index (Phi) is 5.06. The zero-order valence-electron chi connectivity index (χ0n) is 19.2. The van der Waals surface area contributed by atoms with E-state index in [2.05, 4.69) is 50.6 Å². The zero-order valence-corrected chi connectivity index (χ0v) is 19.2. The number of hydrogen-bond donors (Lipinski definition) is 1. The van der Waals surface area contributed by atoms with Gasteiger partial charge in [0.1, 0.15) is 18.0 Å². The van der Waals surface area contributed by atoms with Crippen molar-refractivity contribution in [2.45, 2.75) is 59.5 Å². The van der Waals surface area contributed by atoms with E-state index in [1.165, 1.54) is 0 Å². The van der Waals surface area contributed by atoms with Gasteiger partial charge in [0.15, 0.2) is 17.0 Å².